The highest BCUT2D eigenvalue weighted by molar-refractivity contribution is 5.80. The lowest BCUT2D eigenvalue weighted by molar-refractivity contribution is -0.131. The Morgan fingerprint density at radius 3 is 2.89 bits per heavy atom. The van der Waals surface area contributed by atoms with E-state index in [2.05, 4.69) is 10.3 Å². The standard InChI is InChI=1S/C13H17N3O2/c17-12-5-9-16(10-8-15-12)13(18)2-1-11-3-6-14-7-4-11/h3-4,6-7H,1-2,5,8-10H2,(H,15,17). The third kappa shape index (κ3) is 3.55. The average molecular weight is 247 g/mol. The highest BCUT2D eigenvalue weighted by atomic mass is 16.2. The lowest BCUT2D eigenvalue weighted by Crippen LogP contribution is -2.34. The molecule has 0 atom stereocenters. The van der Waals surface area contributed by atoms with Crippen molar-refractivity contribution in [2.75, 3.05) is 19.6 Å². The summed E-state index contributed by atoms with van der Waals surface area (Å²) in [5, 5.41) is 2.76. The first-order chi connectivity index (χ1) is 8.75. The molecule has 1 aromatic rings. The van der Waals surface area contributed by atoms with Crippen molar-refractivity contribution in [1.82, 2.24) is 15.2 Å². The SMILES string of the molecule is O=C1CCN(C(=O)CCc2ccncc2)CCN1. The molecule has 18 heavy (non-hydrogen) atoms. The molecule has 0 aliphatic carbocycles. The largest absolute Gasteiger partial charge is 0.354 e. The molecular weight excluding hydrogens is 230 g/mol. The number of amides is 2. The summed E-state index contributed by atoms with van der Waals surface area (Å²) in [6.45, 7) is 1.70. The average Bonchev–Trinajstić information content (AvgIpc) is 2.62. The van der Waals surface area contributed by atoms with E-state index in [1.807, 2.05) is 12.1 Å². The minimum absolute atomic E-state index is 0.0273. The summed E-state index contributed by atoms with van der Waals surface area (Å²) in [5.74, 6) is 0.141. The Bertz CT molecular complexity index is 420. The van der Waals surface area contributed by atoms with Crippen molar-refractivity contribution in [3.63, 3.8) is 0 Å². The molecule has 1 N–H and O–H groups in total. The van der Waals surface area contributed by atoms with Gasteiger partial charge in [0.1, 0.15) is 0 Å². The Hall–Kier alpha value is -1.91. The van der Waals surface area contributed by atoms with Gasteiger partial charge in [0.2, 0.25) is 11.8 Å². The molecule has 96 valence electrons. The minimum Gasteiger partial charge on any atom is -0.354 e. The lowest BCUT2D eigenvalue weighted by atomic mass is 10.1. The van der Waals surface area contributed by atoms with Crippen LogP contribution in [0.1, 0.15) is 18.4 Å². The molecule has 1 aromatic heterocycles. The van der Waals surface area contributed by atoms with E-state index in [4.69, 9.17) is 0 Å². The molecule has 0 spiro atoms. The number of pyridine rings is 1. The molecule has 5 nitrogen and oxygen atoms in total. The van der Waals surface area contributed by atoms with Crippen molar-refractivity contribution in [3.05, 3.63) is 30.1 Å². The van der Waals surface area contributed by atoms with Gasteiger partial charge in [0.25, 0.3) is 0 Å². The summed E-state index contributed by atoms with van der Waals surface area (Å²) in [7, 11) is 0. The van der Waals surface area contributed by atoms with Crippen LogP contribution in [0.5, 0.6) is 0 Å². The Morgan fingerprint density at radius 1 is 1.33 bits per heavy atom. The Kier molecular flexibility index (Phi) is 4.28. The van der Waals surface area contributed by atoms with E-state index in [9.17, 15) is 9.59 Å². The highest BCUT2D eigenvalue weighted by Gasteiger charge is 2.17. The van der Waals surface area contributed by atoms with Crippen LogP contribution in [-0.2, 0) is 16.0 Å². The van der Waals surface area contributed by atoms with E-state index >= 15 is 0 Å². The summed E-state index contributed by atoms with van der Waals surface area (Å²) in [6, 6.07) is 3.83. The van der Waals surface area contributed by atoms with Crippen LogP contribution in [0.4, 0.5) is 0 Å². The van der Waals surface area contributed by atoms with Gasteiger partial charge in [-0.3, -0.25) is 14.6 Å². The van der Waals surface area contributed by atoms with Crippen molar-refractivity contribution in [2.45, 2.75) is 19.3 Å². The smallest absolute Gasteiger partial charge is 0.222 e. The molecule has 0 bridgehead atoms. The summed E-state index contributed by atoms with van der Waals surface area (Å²) in [6.07, 6.45) is 5.07. The Morgan fingerprint density at radius 2 is 2.11 bits per heavy atom. The van der Waals surface area contributed by atoms with E-state index in [1.54, 1.807) is 17.3 Å². The highest BCUT2D eigenvalue weighted by Crippen LogP contribution is 2.05. The first-order valence-electron chi connectivity index (χ1n) is 6.19. The van der Waals surface area contributed by atoms with Crippen LogP contribution in [0.15, 0.2) is 24.5 Å². The second-order valence-corrected chi connectivity index (χ2v) is 4.34. The third-order valence-electron chi connectivity index (χ3n) is 3.04. The normalized spacial score (nSPS) is 16.0. The van der Waals surface area contributed by atoms with Crippen molar-refractivity contribution in [1.29, 1.82) is 0 Å². The van der Waals surface area contributed by atoms with E-state index in [-0.39, 0.29) is 11.8 Å². The Labute approximate surface area is 106 Å². The fraction of sp³-hybridized carbons (Fsp3) is 0.462. The van der Waals surface area contributed by atoms with E-state index in [1.165, 1.54) is 0 Å². The van der Waals surface area contributed by atoms with Crippen LogP contribution >= 0.6 is 0 Å². The summed E-state index contributed by atoms with van der Waals surface area (Å²) in [4.78, 5) is 28.9. The molecule has 0 aromatic carbocycles. The molecule has 0 radical (unpaired) electrons. The summed E-state index contributed by atoms with van der Waals surface area (Å²) in [5.41, 5.74) is 1.11. The predicted molar refractivity (Wildman–Crippen MR) is 66.8 cm³/mol. The molecule has 2 amide bonds. The van der Waals surface area contributed by atoms with Crippen LogP contribution in [-0.4, -0.2) is 41.3 Å². The molecule has 1 aliphatic rings. The monoisotopic (exact) mass is 247 g/mol. The number of hydrogen-bond acceptors (Lipinski definition) is 3. The van der Waals surface area contributed by atoms with Crippen molar-refractivity contribution >= 4 is 11.8 Å². The molecule has 1 aliphatic heterocycles. The van der Waals surface area contributed by atoms with Crippen molar-refractivity contribution in [2.24, 2.45) is 0 Å². The van der Waals surface area contributed by atoms with Crippen LogP contribution < -0.4 is 5.32 Å². The first-order valence-corrected chi connectivity index (χ1v) is 6.19. The second-order valence-electron chi connectivity index (χ2n) is 4.34. The van der Waals surface area contributed by atoms with Gasteiger partial charge in [-0.15, -0.1) is 0 Å². The van der Waals surface area contributed by atoms with Crippen LogP contribution in [0.3, 0.4) is 0 Å². The van der Waals surface area contributed by atoms with Gasteiger partial charge < -0.3 is 10.2 Å². The van der Waals surface area contributed by atoms with Gasteiger partial charge in [-0.1, -0.05) is 0 Å². The lowest BCUT2D eigenvalue weighted by Gasteiger charge is -2.19. The maximum atomic E-state index is 12.0. The number of nitrogens with zero attached hydrogens (tertiary/aromatic N) is 2. The number of rotatable bonds is 3. The van der Waals surface area contributed by atoms with Gasteiger partial charge in [0.05, 0.1) is 0 Å². The summed E-state index contributed by atoms with van der Waals surface area (Å²) < 4.78 is 0. The topological polar surface area (TPSA) is 62.3 Å². The van der Waals surface area contributed by atoms with E-state index in [0.717, 1.165) is 12.0 Å². The number of carbonyl (C=O) groups excluding carboxylic acids is 2. The van der Waals surface area contributed by atoms with E-state index in [0.29, 0.717) is 32.5 Å². The van der Waals surface area contributed by atoms with Gasteiger partial charge in [-0.05, 0) is 24.1 Å². The molecule has 1 fully saturated rings. The van der Waals surface area contributed by atoms with Crippen LogP contribution in [0.25, 0.3) is 0 Å². The molecule has 0 saturated carbocycles. The fourth-order valence-electron chi connectivity index (χ4n) is 1.98. The van der Waals surface area contributed by atoms with E-state index < -0.39 is 0 Å². The number of aromatic nitrogens is 1. The maximum Gasteiger partial charge on any atom is 0.222 e. The number of aryl methyl sites for hydroxylation is 1. The number of carbonyl (C=O) groups is 2. The molecule has 2 heterocycles. The molecular formula is C13H17N3O2. The van der Waals surface area contributed by atoms with Crippen molar-refractivity contribution < 1.29 is 9.59 Å². The van der Waals surface area contributed by atoms with Crippen LogP contribution in [0, 0.1) is 0 Å². The van der Waals surface area contributed by atoms with Gasteiger partial charge >= 0.3 is 0 Å². The minimum atomic E-state index is 0.0273. The first kappa shape index (κ1) is 12.5. The molecule has 0 unspecified atom stereocenters. The fourth-order valence-corrected chi connectivity index (χ4v) is 1.98. The zero-order chi connectivity index (χ0) is 12.8. The molecule has 1 saturated heterocycles. The van der Waals surface area contributed by atoms with Gasteiger partial charge in [0.15, 0.2) is 0 Å². The quantitative estimate of drug-likeness (QED) is 0.839. The zero-order valence-electron chi connectivity index (χ0n) is 10.3. The predicted octanol–water partition coefficient (Wildman–Crippen LogP) is 0.363. The van der Waals surface area contributed by atoms with Gasteiger partial charge in [-0.25, -0.2) is 0 Å². The number of nitrogens with one attached hydrogen (secondary N) is 1. The van der Waals surface area contributed by atoms with Crippen LogP contribution in [0.2, 0.25) is 0 Å². The third-order valence-corrected chi connectivity index (χ3v) is 3.04. The number of hydrogen-bond donors (Lipinski definition) is 1. The van der Waals surface area contributed by atoms with Gasteiger partial charge in [0, 0.05) is 44.9 Å². The Balaban J connectivity index is 1.82. The molecule has 2 rings (SSSR count). The summed E-state index contributed by atoms with van der Waals surface area (Å²) >= 11 is 0. The second kappa shape index (κ2) is 6.14. The maximum absolute atomic E-state index is 12.0. The van der Waals surface area contributed by atoms with Gasteiger partial charge in [-0.2, -0.15) is 0 Å². The van der Waals surface area contributed by atoms with Crippen molar-refractivity contribution in [3.8, 4) is 0 Å². The zero-order valence-corrected chi connectivity index (χ0v) is 10.3. The molecule has 5 heteroatoms.